The molecule has 0 aromatic carbocycles. The predicted molar refractivity (Wildman–Crippen MR) is 205 cm³/mol. The second kappa shape index (κ2) is 18.3. The molecular weight excluding hydrogens is 688 g/mol. The van der Waals surface area contributed by atoms with Gasteiger partial charge in [0.25, 0.3) is 0 Å². The number of piperidine rings is 4. The molecule has 14 heteroatoms. The van der Waals surface area contributed by atoms with Gasteiger partial charge in [-0.25, -0.2) is 19.2 Å². The van der Waals surface area contributed by atoms with E-state index in [-0.39, 0.29) is 24.2 Å². The summed E-state index contributed by atoms with van der Waals surface area (Å²) in [5.74, 6) is 0. The number of ether oxygens (including phenoxy) is 2. The molecular formula is C40H68N8O6. The lowest BCUT2D eigenvalue weighted by Gasteiger charge is -2.44. The molecule has 2 saturated carbocycles. The Hall–Kier alpha value is -3.00. The predicted octanol–water partition coefficient (Wildman–Crippen LogP) is 4.82. The van der Waals surface area contributed by atoms with Crippen LogP contribution in [-0.2, 0) is 9.47 Å². The van der Waals surface area contributed by atoms with Crippen LogP contribution in [0.4, 0.5) is 19.2 Å². The highest BCUT2D eigenvalue weighted by Crippen LogP contribution is 2.35. The number of carbonyl (C=O) groups is 4. The number of hydrogen-bond donors (Lipinski definition) is 2. The molecule has 0 aromatic rings. The van der Waals surface area contributed by atoms with Gasteiger partial charge in [0.1, 0.15) is 0 Å². The fourth-order valence-corrected chi connectivity index (χ4v) is 11.2. The van der Waals surface area contributed by atoms with E-state index < -0.39 is 0 Å². The molecule has 2 N–H and O–H groups in total. The van der Waals surface area contributed by atoms with Gasteiger partial charge in [-0.3, -0.25) is 0 Å². The van der Waals surface area contributed by atoms with Gasteiger partial charge in [0.2, 0.25) is 0 Å². The van der Waals surface area contributed by atoms with Crippen molar-refractivity contribution in [3.05, 3.63) is 0 Å². The second-order valence-electron chi connectivity index (χ2n) is 17.0. The zero-order chi connectivity index (χ0) is 37.6. The molecule has 0 radical (unpaired) electrons. The monoisotopic (exact) mass is 757 g/mol. The summed E-state index contributed by atoms with van der Waals surface area (Å²) in [5.41, 5.74) is 0. The van der Waals surface area contributed by atoms with Crippen LogP contribution in [0.1, 0.15) is 117 Å². The van der Waals surface area contributed by atoms with Crippen molar-refractivity contribution in [1.82, 2.24) is 40.0 Å². The van der Waals surface area contributed by atoms with Gasteiger partial charge in [-0.15, -0.1) is 0 Å². The van der Waals surface area contributed by atoms with Gasteiger partial charge in [-0.2, -0.15) is 0 Å². The second-order valence-corrected chi connectivity index (χ2v) is 17.0. The first-order valence-electron chi connectivity index (χ1n) is 21.8. The van der Waals surface area contributed by atoms with Crippen molar-refractivity contribution in [3.63, 3.8) is 0 Å². The fourth-order valence-electron chi connectivity index (χ4n) is 11.2. The highest BCUT2D eigenvalue weighted by molar-refractivity contribution is 5.78. The standard InChI is InChI=1S/2C20H34N4O3/c2*1-2-27-20(26)23-13-7-15(8-14-23)22-11-9-16(10-12-22)24-18-6-4-3-5-17(18)21-19(24)25/h2*15-18H,2-14H2,1H3,(H,21,25)/t2*17-,18+/m10/s1. The highest BCUT2D eigenvalue weighted by Gasteiger charge is 2.46. The Bertz CT molecular complexity index is 1180. The number of hydrogen-bond acceptors (Lipinski definition) is 8. The molecule has 0 bridgehead atoms. The highest BCUT2D eigenvalue weighted by atomic mass is 16.6. The van der Waals surface area contributed by atoms with Gasteiger partial charge >= 0.3 is 24.2 Å². The number of nitrogens with zero attached hydrogens (tertiary/aromatic N) is 6. The summed E-state index contributed by atoms with van der Waals surface area (Å²) in [6, 6.07) is 3.89. The number of nitrogens with one attached hydrogen (secondary N) is 2. The van der Waals surface area contributed by atoms with E-state index in [9.17, 15) is 19.2 Å². The summed E-state index contributed by atoms with van der Waals surface area (Å²) in [6.07, 6.45) is 17.7. The first kappa shape index (κ1) is 39.2. The molecule has 6 saturated heterocycles. The van der Waals surface area contributed by atoms with Crippen molar-refractivity contribution in [2.75, 3.05) is 65.6 Å². The largest absolute Gasteiger partial charge is 0.450 e. The Labute approximate surface area is 322 Å². The van der Waals surface area contributed by atoms with E-state index in [0.29, 0.717) is 61.5 Å². The van der Waals surface area contributed by atoms with Crippen molar-refractivity contribution >= 4 is 24.2 Å². The van der Waals surface area contributed by atoms with Crippen LogP contribution in [0.5, 0.6) is 0 Å². The minimum absolute atomic E-state index is 0.170. The number of amides is 6. The summed E-state index contributed by atoms with van der Waals surface area (Å²) in [7, 11) is 0. The van der Waals surface area contributed by atoms with Gasteiger partial charge in [0.05, 0.1) is 37.4 Å². The van der Waals surface area contributed by atoms with Crippen LogP contribution in [0.3, 0.4) is 0 Å². The zero-order valence-corrected chi connectivity index (χ0v) is 33.1. The van der Waals surface area contributed by atoms with Crippen molar-refractivity contribution < 1.29 is 28.7 Å². The fraction of sp³-hybridized carbons (Fsp3) is 0.900. The van der Waals surface area contributed by atoms with Crippen molar-refractivity contribution in [3.8, 4) is 0 Å². The van der Waals surface area contributed by atoms with Crippen molar-refractivity contribution in [2.45, 2.75) is 165 Å². The molecule has 2 aliphatic carbocycles. The number of likely N-dealkylation sites (tertiary alicyclic amines) is 4. The molecule has 6 amide bonds. The van der Waals surface area contributed by atoms with Gasteiger partial charge in [-0.05, 0) is 90.9 Å². The molecule has 8 rings (SSSR count). The van der Waals surface area contributed by atoms with E-state index in [2.05, 4.69) is 30.2 Å². The quantitative estimate of drug-likeness (QED) is 0.395. The van der Waals surface area contributed by atoms with Crippen LogP contribution in [0.15, 0.2) is 0 Å². The molecule has 6 heterocycles. The molecule has 0 aromatic heterocycles. The van der Waals surface area contributed by atoms with E-state index in [1.54, 1.807) is 0 Å². The van der Waals surface area contributed by atoms with Gasteiger partial charge < -0.3 is 49.5 Å². The Kier molecular flexibility index (Phi) is 13.3. The average molecular weight is 757 g/mol. The summed E-state index contributed by atoms with van der Waals surface area (Å²) in [6.45, 7) is 12.0. The third kappa shape index (κ3) is 8.84. The summed E-state index contributed by atoms with van der Waals surface area (Å²) in [4.78, 5) is 62.0. The molecule has 14 nitrogen and oxygen atoms in total. The lowest BCUT2D eigenvalue weighted by atomic mass is 9.89. The summed E-state index contributed by atoms with van der Waals surface area (Å²) >= 11 is 0. The van der Waals surface area contributed by atoms with E-state index in [0.717, 1.165) is 129 Å². The maximum absolute atomic E-state index is 12.5. The van der Waals surface area contributed by atoms with Crippen LogP contribution < -0.4 is 10.6 Å². The SMILES string of the molecule is CCOC(=O)N1CCC(N2CCC(N3C(=O)N[C@@H]4CCCC[C@@H]43)CC2)CC1.CCOC(=O)N1CCC(N2CCC(N3C(=O)N[C@H]4CCCC[C@H]43)CC2)CC1. The van der Waals surface area contributed by atoms with E-state index in [1.165, 1.54) is 25.7 Å². The first-order valence-corrected chi connectivity index (χ1v) is 21.8. The lowest BCUT2D eigenvalue weighted by Crippen LogP contribution is -2.53. The number of rotatable bonds is 6. The maximum Gasteiger partial charge on any atom is 0.409 e. The van der Waals surface area contributed by atoms with Crippen molar-refractivity contribution in [2.24, 2.45) is 0 Å². The molecule has 54 heavy (non-hydrogen) atoms. The van der Waals surface area contributed by atoms with Gasteiger partial charge in [0, 0.05) is 76.5 Å². The number of urea groups is 2. The Balaban J connectivity index is 0.000000167. The topological polar surface area (TPSA) is 130 Å². The van der Waals surface area contributed by atoms with Crippen LogP contribution in [0.2, 0.25) is 0 Å². The smallest absolute Gasteiger partial charge is 0.409 e. The van der Waals surface area contributed by atoms with E-state index >= 15 is 0 Å². The first-order chi connectivity index (χ1) is 26.3. The van der Waals surface area contributed by atoms with Crippen LogP contribution >= 0.6 is 0 Å². The number of carbonyl (C=O) groups excluding carboxylic acids is 4. The summed E-state index contributed by atoms with van der Waals surface area (Å²) < 4.78 is 10.2. The Morgan fingerprint density at radius 1 is 0.500 bits per heavy atom. The molecule has 4 atom stereocenters. The molecule has 0 unspecified atom stereocenters. The van der Waals surface area contributed by atoms with Gasteiger partial charge in [-0.1, -0.05) is 25.7 Å². The molecule has 8 aliphatic rings. The number of fused-ring (bicyclic) bond motifs is 2. The molecule has 6 aliphatic heterocycles. The molecule has 0 spiro atoms. The third-order valence-electron chi connectivity index (χ3n) is 14.1. The normalized spacial score (nSPS) is 30.9. The Morgan fingerprint density at radius 3 is 1.19 bits per heavy atom. The lowest BCUT2D eigenvalue weighted by molar-refractivity contribution is 0.0484. The van der Waals surface area contributed by atoms with E-state index in [4.69, 9.17) is 9.47 Å². The average Bonchev–Trinajstić information content (AvgIpc) is 3.73. The van der Waals surface area contributed by atoms with Crippen molar-refractivity contribution in [1.29, 1.82) is 0 Å². The molecule has 8 fully saturated rings. The minimum Gasteiger partial charge on any atom is -0.450 e. The van der Waals surface area contributed by atoms with Gasteiger partial charge in [0.15, 0.2) is 0 Å². The maximum atomic E-state index is 12.5. The van der Waals surface area contributed by atoms with Crippen LogP contribution in [0, 0.1) is 0 Å². The molecule has 304 valence electrons. The summed E-state index contributed by atoms with van der Waals surface area (Å²) in [5, 5.41) is 6.46. The zero-order valence-electron chi connectivity index (χ0n) is 33.1. The van der Waals surface area contributed by atoms with Crippen LogP contribution in [0.25, 0.3) is 0 Å². The minimum atomic E-state index is -0.170. The Morgan fingerprint density at radius 2 is 0.833 bits per heavy atom. The van der Waals surface area contributed by atoms with Crippen LogP contribution in [-0.4, -0.2) is 168 Å². The third-order valence-corrected chi connectivity index (χ3v) is 14.1. The van der Waals surface area contributed by atoms with E-state index in [1.807, 2.05) is 23.6 Å².